The molecule has 0 radical (unpaired) electrons. The number of nitrogens with zero attached hydrogens (tertiary/aromatic N) is 1. The van der Waals surface area contributed by atoms with Gasteiger partial charge in [0, 0.05) is 24.9 Å². The van der Waals surface area contributed by atoms with Crippen molar-refractivity contribution in [2.45, 2.75) is 24.9 Å². The number of carbonyl (C=O) groups is 2. The molecule has 1 amide bonds. The van der Waals surface area contributed by atoms with E-state index in [9.17, 15) is 14.7 Å². The Balaban J connectivity index is 1.26. The fourth-order valence-corrected chi connectivity index (χ4v) is 5.94. The van der Waals surface area contributed by atoms with Crippen LogP contribution in [0.3, 0.4) is 0 Å². The molecular weight excluding hydrogens is 484 g/mol. The zero-order valence-electron chi connectivity index (χ0n) is 16.9. The molecule has 3 heterocycles. The van der Waals surface area contributed by atoms with Gasteiger partial charge in [0.25, 0.3) is 0 Å². The highest BCUT2D eigenvalue weighted by Gasteiger charge is 2.53. The predicted molar refractivity (Wildman–Crippen MR) is 126 cm³/mol. The largest absolute Gasteiger partial charge is 0.481 e. The topological polar surface area (TPSA) is 102 Å². The molecule has 33 heavy (non-hydrogen) atoms. The number of carbonyl (C=O) groups excluding carboxylic acids is 1. The number of hydrogen-bond acceptors (Lipinski definition) is 7. The summed E-state index contributed by atoms with van der Waals surface area (Å²) in [5.74, 6) is 5.33. The minimum absolute atomic E-state index is 0.0227. The molecule has 5 rings (SSSR count). The highest BCUT2D eigenvalue weighted by Crippen LogP contribution is 2.52. The monoisotopic (exact) mass is 498 g/mol. The Labute approximate surface area is 200 Å². The Morgan fingerprint density at radius 2 is 2.00 bits per heavy atom. The van der Waals surface area contributed by atoms with Gasteiger partial charge in [0.05, 0.1) is 11.1 Å². The summed E-state index contributed by atoms with van der Waals surface area (Å²) in [7, 11) is 0. The van der Waals surface area contributed by atoms with Crippen molar-refractivity contribution < 1.29 is 24.0 Å². The van der Waals surface area contributed by atoms with Crippen molar-refractivity contribution in [3.63, 3.8) is 0 Å². The zero-order chi connectivity index (χ0) is 23.0. The van der Waals surface area contributed by atoms with Crippen LogP contribution in [0.1, 0.15) is 33.9 Å². The smallest absolute Gasteiger partial charge is 0.412 e. The van der Waals surface area contributed by atoms with Crippen molar-refractivity contribution in [2.24, 2.45) is 0 Å². The third-order valence-electron chi connectivity index (χ3n) is 5.26. The zero-order valence-corrected chi connectivity index (χ0v) is 19.3. The maximum absolute atomic E-state index is 12.1. The van der Waals surface area contributed by atoms with E-state index >= 15 is 0 Å². The van der Waals surface area contributed by atoms with Gasteiger partial charge in [-0.2, -0.15) is 0 Å². The molecule has 1 fully saturated rings. The second-order valence-electron chi connectivity index (χ2n) is 7.45. The van der Waals surface area contributed by atoms with Crippen LogP contribution in [0, 0.1) is 11.8 Å². The maximum Gasteiger partial charge on any atom is 0.412 e. The SMILES string of the molecule is O=C(Nc1cnoc1C#Cc1cc2sc(C3(C(=O)O)CC3)cc2s1)OCc1ccccc1Cl. The molecular formula is C23H15ClN2O5S2. The summed E-state index contributed by atoms with van der Waals surface area (Å²) >= 11 is 9.04. The first-order chi connectivity index (χ1) is 15.9. The molecule has 0 bridgehead atoms. The fourth-order valence-electron chi connectivity index (χ4n) is 3.27. The molecule has 1 aliphatic rings. The van der Waals surface area contributed by atoms with Crippen molar-refractivity contribution >= 4 is 61.4 Å². The van der Waals surface area contributed by atoms with E-state index in [4.69, 9.17) is 20.9 Å². The van der Waals surface area contributed by atoms with Gasteiger partial charge >= 0.3 is 12.1 Å². The van der Waals surface area contributed by atoms with Crippen LogP contribution in [0.15, 0.2) is 47.1 Å². The van der Waals surface area contributed by atoms with Gasteiger partial charge in [0.1, 0.15) is 17.7 Å². The van der Waals surface area contributed by atoms with Crippen LogP contribution >= 0.6 is 34.3 Å². The molecule has 166 valence electrons. The van der Waals surface area contributed by atoms with E-state index in [-0.39, 0.29) is 12.4 Å². The molecule has 0 unspecified atom stereocenters. The third-order valence-corrected chi connectivity index (χ3v) is 8.04. The van der Waals surface area contributed by atoms with Crippen LogP contribution in [-0.4, -0.2) is 22.3 Å². The van der Waals surface area contributed by atoms with Gasteiger partial charge in [0.15, 0.2) is 0 Å². The number of aromatic nitrogens is 1. The Morgan fingerprint density at radius 1 is 1.21 bits per heavy atom. The first kappa shape index (κ1) is 21.5. The van der Waals surface area contributed by atoms with Crippen LogP contribution in [0.2, 0.25) is 5.02 Å². The summed E-state index contributed by atoms with van der Waals surface area (Å²) in [4.78, 5) is 25.4. The Hall–Kier alpha value is -3.32. The van der Waals surface area contributed by atoms with E-state index in [0.29, 0.717) is 29.1 Å². The molecule has 0 spiro atoms. The molecule has 1 aliphatic carbocycles. The Morgan fingerprint density at radius 3 is 2.73 bits per heavy atom. The highest BCUT2D eigenvalue weighted by molar-refractivity contribution is 7.28. The number of halogens is 1. The minimum Gasteiger partial charge on any atom is -0.481 e. The molecule has 4 aromatic rings. The second kappa shape index (κ2) is 8.56. The maximum atomic E-state index is 12.1. The molecule has 10 heteroatoms. The standard InChI is InChI=1S/C23H15ClN2O5S2/c24-15-4-2-1-3-13(15)12-30-22(29)26-16-11-25-31-17(16)6-5-14-9-18-19(32-14)10-20(33-18)23(7-8-23)21(27)28/h1-4,9-11H,7-8,12H2,(H,26,29)(H,27,28). The number of ether oxygens (including phenoxy) is 1. The summed E-state index contributed by atoms with van der Waals surface area (Å²) in [6.07, 6.45) is 2.04. The lowest BCUT2D eigenvalue weighted by atomic mass is 10.1. The van der Waals surface area contributed by atoms with Gasteiger partial charge in [0.2, 0.25) is 5.76 Å². The number of aliphatic carboxylic acids is 1. The number of benzene rings is 1. The molecule has 1 saturated carbocycles. The quantitative estimate of drug-likeness (QED) is 0.334. The summed E-state index contributed by atoms with van der Waals surface area (Å²) in [6, 6.07) is 11.0. The number of carboxylic acids is 1. The predicted octanol–water partition coefficient (Wildman–Crippen LogP) is 5.87. The van der Waals surface area contributed by atoms with E-state index in [2.05, 4.69) is 22.3 Å². The van der Waals surface area contributed by atoms with Gasteiger partial charge in [-0.3, -0.25) is 10.1 Å². The summed E-state index contributed by atoms with van der Waals surface area (Å²) in [5.41, 5.74) is 0.289. The van der Waals surface area contributed by atoms with E-state index in [0.717, 1.165) is 19.2 Å². The van der Waals surface area contributed by atoms with Crippen LogP contribution < -0.4 is 5.32 Å². The number of nitrogens with one attached hydrogen (secondary N) is 1. The molecule has 7 nitrogen and oxygen atoms in total. The highest BCUT2D eigenvalue weighted by atomic mass is 35.5. The molecule has 0 saturated heterocycles. The fraction of sp³-hybridized carbons (Fsp3) is 0.174. The number of fused-ring (bicyclic) bond motifs is 1. The molecule has 2 N–H and O–H groups in total. The van der Waals surface area contributed by atoms with Crippen molar-refractivity contribution in [3.8, 4) is 11.8 Å². The van der Waals surface area contributed by atoms with Crippen molar-refractivity contribution in [1.82, 2.24) is 5.16 Å². The van der Waals surface area contributed by atoms with Crippen LogP contribution in [-0.2, 0) is 21.6 Å². The lowest BCUT2D eigenvalue weighted by molar-refractivity contribution is -0.139. The lowest BCUT2D eigenvalue weighted by Crippen LogP contribution is -2.17. The molecule has 0 atom stereocenters. The van der Waals surface area contributed by atoms with Crippen LogP contribution in [0.5, 0.6) is 0 Å². The van der Waals surface area contributed by atoms with E-state index in [1.165, 1.54) is 28.9 Å². The normalized spacial score (nSPS) is 13.8. The average Bonchev–Trinajstić information content (AvgIpc) is 3.11. The second-order valence-corrected chi connectivity index (χ2v) is 10.0. The molecule has 1 aromatic carbocycles. The van der Waals surface area contributed by atoms with E-state index in [1.807, 2.05) is 18.2 Å². The van der Waals surface area contributed by atoms with E-state index in [1.54, 1.807) is 18.2 Å². The number of hydrogen-bond donors (Lipinski definition) is 2. The summed E-state index contributed by atoms with van der Waals surface area (Å²) in [6.45, 7) is 0.0227. The van der Waals surface area contributed by atoms with Gasteiger partial charge in [-0.1, -0.05) is 35.0 Å². The molecule has 0 aliphatic heterocycles. The van der Waals surface area contributed by atoms with Crippen LogP contribution in [0.25, 0.3) is 9.40 Å². The summed E-state index contributed by atoms with van der Waals surface area (Å²) in [5, 5.41) is 16.3. The van der Waals surface area contributed by atoms with Crippen molar-refractivity contribution in [1.29, 1.82) is 0 Å². The number of carboxylic acid groups (broad SMARTS) is 1. The first-order valence-corrected chi connectivity index (χ1v) is 11.9. The lowest BCUT2D eigenvalue weighted by Gasteiger charge is -2.06. The average molecular weight is 499 g/mol. The van der Waals surface area contributed by atoms with Crippen LogP contribution in [0.4, 0.5) is 10.5 Å². The Kier molecular flexibility index (Phi) is 5.58. The van der Waals surface area contributed by atoms with Crippen molar-refractivity contribution in [3.05, 3.63) is 68.7 Å². The number of amides is 1. The third kappa shape index (κ3) is 4.33. The van der Waals surface area contributed by atoms with Gasteiger partial charge in [-0.25, -0.2) is 4.79 Å². The van der Waals surface area contributed by atoms with Crippen molar-refractivity contribution in [2.75, 3.05) is 5.32 Å². The number of anilines is 1. The van der Waals surface area contributed by atoms with Gasteiger partial charge in [-0.05, 0) is 42.9 Å². The Bertz CT molecular complexity index is 1410. The minimum atomic E-state index is -0.757. The van der Waals surface area contributed by atoms with E-state index < -0.39 is 17.5 Å². The number of rotatable bonds is 5. The number of thiophene rings is 2. The molecule has 3 aromatic heterocycles. The summed E-state index contributed by atoms with van der Waals surface area (Å²) < 4.78 is 12.4. The first-order valence-electron chi connectivity index (χ1n) is 9.86. The van der Waals surface area contributed by atoms with Gasteiger partial charge < -0.3 is 14.4 Å². The van der Waals surface area contributed by atoms with Gasteiger partial charge in [-0.15, -0.1) is 22.7 Å².